The van der Waals surface area contributed by atoms with E-state index in [4.69, 9.17) is 4.74 Å². The molecule has 3 aromatic rings. The van der Waals surface area contributed by atoms with E-state index >= 15 is 0 Å². The third-order valence-corrected chi connectivity index (χ3v) is 7.26. The number of hydrogen-bond donors (Lipinski definition) is 2. The Morgan fingerprint density at radius 2 is 1.77 bits per heavy atom. The second kappa shape index (κ2) is 8.61. The van der Waals surface area contributed by atoms with E-state index in [9.17, 15) is 26.0 Å². The van der Waals surface area contributed by atoms with E-state index in [1.165, 1.54) is 55.8 Å². The minimum atomic E-state index is -4.05. The van der Waals surface area contributed by atoms with Crippen LogP contribution in [-0.4, -0.2) is 41.1 Å². The van der Waals surface area contributed by atoms with Gasteiger partial charge in [-0.3, -0.25) is 9.52 Å². The van der Waals surface area contributed by atoms with Gasteiger partial charge in [0.15, 0.2) is 4.21 Å². The molecule has 0 bridgehead atoms. The van der Waals surface area contributed by atoms with E-state index in [1.54, 1.807) is 0 Å². The van der Waals surface area contributed by atoms with Gasteiger partial charge in [-0.2, -0.15) is 0 Å². The number of benzene rings is 2. The first-order valence-corrected chi connectivity index (χ1v) is 12.6. The number of thiazole rings is 1. The Morgan fingerprint density at radius 3 is 2.39 bits per heavy atom. The van der Waals surface area contributed by atoms with Crippen LogP contribution < -0.4 is 14.2 Å². The number of aromatic nitrogens is 1. The van der Waals surface area contributed by atoms with Crippen LogP contribution in [0, 0.1) is 5.82 Å². The molecule has 1 aromatic heterocycles. The number of nitrogens with one attached hydrogen (secondary N) is 2. The lowest BCUT2D eigenvalue weighted by atomic mass is 10.2. The van der Waals surface area contributed by atoms with Crippen molar-refractivity contribution in [1.82, 2.24) is 9.71 Å². The fraction of sp³-hybridized carbons (Fsp3) is 0.111. The van der Waals surface area contributed by atoms with Crippen molar-refractivity contribution in [2.45, 2.75) is 4.21 Å². The van der Waals surface area contributed by atoms with Crippen molar-refractivity contribution in [3.05, 3.63) is 60.0 Å². The van der Waals surface area contributed by atoms with Crippen LogP contribution in [0.15, 0.2) is 52.9 Å². The van der Waals surface area contributed by atoms with Crippen molar-refractivity contribution in [3.63, 3.8) is 0 Å². The monoisotopic (exact) mass is 485 g/mol. The van der Waals surface area contributed by atoms with Crippen LogP contribution in [0.4, 0.5) is 10.1 Å². The van der Waals surface area contributed by atoms with Crippen LogP contribution in [0.25, 0.3) is 10.6 Å². The molecule has 2 N–H and O–H groups in total. The molecular formula is C18H16FN3O6S3. The molecule has 0 atom stereocenters. The highest BCUT2D eigenvalue weighted by molar-refractivity contribution is 7.94. The number of carbonyl (C=O) groups is 1. The van der Waals surface area contributed by atoms with Crippen molar-refractivity contribution in [2.24, 2.45) is 0 Å². The van der Waals surface area contributed by atoms with Gasteiger partial charge in [0.05, 0.1) is 25.2 Å². The van der Waals surface area contributed by atoms with Gasteiger partial charge in [-0.1, -0.05) is 0 Å². The maximum absolute atomic E-state index is 13.1. The van der Waals surface area contributed by atoms with E-state index in [0.29, 0.717) is 10.6 Å². The Balaban J connectivity index is 1.86. The molecule has 3 rings (SSSR count). The standard InChI is InChI=1S/C18H16FN3O6S3/c1-28-15-9-12(17(23)22-30(2,24)25)5-8-14(15)21-31(26,27)16-10-20-18(29-16)11-3-6-13(19)7-4-11/h3-10,21H,1-2H3,(H,22,23). The van der Waals surface area contributed by atoms with E-state index < -0.39 is 31.8 Å². The van der Waals surface area contributed by atoms with Crippen LogP contribution >= 0.6 is 11.3 Å². The Morgan fingerprint density at radius 1 is 1.10 bits per heavy atom. The molecule has 13 heteroatoms. The van der Waals surface area contributed by atoms with Gasteiger partial charge in [0.1, 0.15) is 16.6 Å². The Labute approximate surface area is 182 Å². The zero-order valence-electron chi connectivity index (χ0n) is 16.1. The number of rotatable bonds is 7. The predicted octanol–water partition coefficient (Wildman–Crippen LogP) is 2.45. The van der Waals surface area contributed by atoms with E-state index in [-0.39, 0.29) is 21.2 Å². The molecule has 164 valence electrons. The molecule has 0 saturated carbocycles. The van der Waals surface area contributed by atoms with E-state index in [1.807, 2.05) is 4.72 Å². The van der Waals surface area contributed by atoms with Crippen LogP contribution in [0.2, 0.25) is 0 Å². The molecule has 0 aliphatic heterocycles. The number of ether oxygens (including phenoxy) is 1. The van der Waals surface area contributed by atoms with E-state index in [0.717, 1.165) is 17.6 Å². The van der Waals surface area contributed by atoms with Crippen LogP contribution in [0.5, 0.6) is 5.75 Å². The Hall–Kier alpha value is -3.03. The molecule has 1 heterocycles. The molecule has 2 aromatic carbocycles. The summed E-state index contributed by atoms with van der Waals surface area (Å²) in [6, 6.07) is 9.19. The van der Waals surface area contributed by atoms with Crippen molar-refractivity contribution in [1.29, 1.82) is 0 Å². The summed E-state index contributed by atoms with van der Waals surface area (Å²) in [5.41, 5.74) is 0.559. The number of anilines is 1. The molecule has 0 radical (unpaired) electrons. The van der Waals surface area contributed by atoms with Gasteiger partial charge >= 0.3 is 0 Å². The summed E-state index contributed by atoms with van der Waals surface area (Å²) >= 11 is 0.890. The molecule has 0 aliphatic rings. The molecule has 31 heavy (non-hydrogen) atoms. The third kappa shape index (κ3) is 5.57. The molecule has 0 fully saturated rings. The van der Waals surface area contributed by atoms with Gasteiger partial charge in [-0.05, 0) is 42.5 Å². The summed E-state index contributed by atoms with van der Waals surface area (Å²) in [7, 11) is -6.55. The lowest BCUT2D eigenvalue weighted by molar-refractivity contribution is 0.0981. The SMILES string of the molecule is COc1cc(C(=O)NS(C)(=O)=O)ccc1NS(=O)(=O)c1cnc(-c2ccc(F)cc2)s1. The maximum atomic E-state index is 13.1. The van der Waals surface area contributed by atoms with Crippen molar-refractivity contribution in [2.75, 3.05) is 18.1 Å². The van der Waals surface area contributed by atoms with Gasteiger partial charge in [0, 0.05) is 11.1 Å². The van der Waals surface area contributed by atoms with Crippen LogP contribution in [-0.2, 0) is 20.0 Å². The second-order valence-corrected chi connectivity index (χ2v) is 10.9. The van der Waals surface area contributed by atoms with Gasteiger partial charge in [-0.25, -0.2) is 30.9 Å². The Kier molecular flexibility index (Phi) is 6.29. The van der Waals surface area contributed by atoms with Gasteiger partial charge in [-0.15, -0.1) is 11.3 Å². The second-order valence-electron chi connectivity index (χ2n) is 6.22. The largest absolute Gasteiger partial charge is 0.495 e. The first-order valence-electron chi connectivity index (χ1n) is 8.43. The van der Waals surface area contributed by atoms with Gasteiger partial charge < -0.3 is 4.74 Å². The molecule has 0 aliphatic carbocycles. The lowest BCUT2D eigenvalue weighted by Gasteiger charge is -2.12. The first-order chi connectivity index (χ1) is 14.5. The zero-order chi connectivity index (χ0) is 22.8. The number of amides is 1. The fourth-order valence-electron chi connectivity index (χ4n) is 2.45. The molecule has 0 unspecified atom stereocenters. The zero-order valence-corrected chi connectivity index (χ0v) is 18.6. The van der Waals surface area contributed by atoms with Crippen LogP contribution in [0.3, 0.4) is 0 Å². The molecule has 0 saturated heterocycles. The summed E-state index contributed by atoms with van der Waals surface area (Å²) in [4.78, 5) is 16.1. The highest BCUT2D eigenvalue weighted by Crippen LogP contribution is 2.32. The molecular weight excluding hydrogens is 469 g/mol. The topological polar surface area (TPSA) is 132 Å². The average molecular weight is 486 g/mol. The molecule has 1 amide bonds. The lowest BCUT2D eigenvalue weighted by Crippen LogP contribution is -2.29. The minimum Gasteiger partial charge on any atom is -0.495 e. The van der Waals surface area contributed by atoms with Crippen molar-refractivity contribution < 1.29 is 30.8 Å². The number of carbonyl (C=O) groups excluding carboxylic acids is 1. The van der Waals surface area contributed by atoms with Gasteiger partial charge in [0.25, 0.3) is 15.9 Å². The summed E-state index contributed by atoms with van der Waals surface area (Å²) in [6.45, 7) is 0. The van der Waals surface area contributed by atoms with Crippen molar-refractivity contribution >= 4 is 43.0 Å². The summed E-state index contributed by atoms with van der Waals surface area (Å²) in [5, 5.41) is 0.389. The van der Waals surface area contributed by atoms with Crippen molar-refractivity contribution in [3.8, 4) is 16.3 Å². The predicted molar refractivity (Wildman–Crippen MR) is 114 cm³/mol. The minimum absolute atomic E-state index is 0.00741. The first kappa shape index (κ1) is 22.7. The number of nitrogens with zero attached hydrogens (tertiary/aromatic N) is 1. The number of sulfonamides is 2. The highest BCUT2D eigenvalue weighted by Gasteiger charge is 2.21. The quantitative estimate of drug-likeness (QED) is 0.525. The smallest absolute Gasteiger partial charge is 0.273 e. The average Bonchev–Trinajstić information content (AvgIpc) is 3.18. The molecule has 0 spiro atoms. The molecule has 9 nitrogen and oxygen atoms in total. The van der Waals surface area contributed by atoms with Gasteiger partial charge in [0.2, 0.25) is 10.0 Å². The highest BCUT2D eigenvalue weighted by atomic mass is 32.2. The Bertz CT molecular complexity index is 1340. The normalized spacial score (nSPS) is 11.7. The number of hydrogen-bond acceptors (Lipinski definition) is 8. The summed E-state index contributed by atoms with van der Waals surface area (Å²) in [6.07, 6.45) is 2.01. The fourth-order valence-corrected chi connectivity index (χ4v) is 5.11. The maximum Gasteiger partial charge on any atom is 0.273 e. The van der Waals surface area contributed by atoms with E-state index in [2.05, 4.69) is 9.71 Å². The van der Waals surface area contributed by atoms with Crippen LogP contribution in [0.1, 0.15) is 10.4 Å². The number of halogens is 1. The third-order valence-electron chi connectivity index (χ3n) is 3.83. The number of methoxy groups -OCH3 is 1. The summed E-state index contributed by atoms with van der Waals surface area (Å²) in [5.74, 6) is -1.30. The summed E-state index contributed by atoms with van der Waals surface area (Å²) < 4.78 is 70.2.